The van der Waals surface area contributed by atoms with Gasteiger partial charge < -0.3 is 15.1 Å². The van der Waals surface area contributed by atoms with Crippen molar-refractivity contribution in [2.24, 2.45) is 11.8 Å². The molecule has 1 heterocycles. The first kappa shape index (κ1) is 26.8. The number of phenols is 1. The molecule has 0 aliphatic carbocycles. The Hall–Kier alpha value is -2.44. The summed E-state index contributed by atoms with van der Waals surface area (Å²) in [5, 5.41) is 34.1. The fraction of sp³-hybridized carbons (Fsp3) is 0.462. The number of nitrogens with zero attached hydrogens (tertiary/aromatic N) is 1. The van der Waals surface area contributed by atoms with E-state index in [4.69, 9.17) is 5.26 Å². The summed E-state index contributed by atoms with van der Waals surface area (Å²) in [5.41, 5.74) is 2.32. The number of hydrogen-bond donors (Lipinski definition) is 3. The molecule has 1 fully saturated rings. The van der Waals surface area contributed by atoms with Gasteiger partial charge in [-0.1, -0.05) is 55.3 Å². The second kappa shape index (κ2) is 15.4. The molecule has 180 valence electrons. The monoisotopic (exact) mass is 457 g/mol. The average molecular weight is 458 g/mol. The van der Waals surface area contributed by atoms with Gasteiger partial charge in [-0.05, 0) is 84.4 Å². The van der Waals surface area contributed by atoms with Crippen molar-refractivity contribution in [1.29, 1.82) is 0 Å². The summed E-state index contributed by atoms with van der Waals surface area (Å²) in [6.07, 6.45) is 3.16. The van der Waals surface area contributed by atoms with E-state index in [1.165, 1.54) is 24.8 Å². The Bertz CT molecular complexity index is 825. The molecule has 1 saturated heterocycles. The summed E-state index contributed by atoms with van der Waals surface area (Å²) >= 11 is 0. The van der Waals surface area contributed by atoms with Crippen LogP contribution >= 0.6 is 0 Å². The standard InChI is InChI=1S/C22H29NO2.C4H6O4/c1-17(22(25)20-7-9-21(24)10-8-20)16-23-13-11-19(12-14-23)15-18-5-3-2-4-6-18;1-2-3-4-6-8-7-5/h2-10,17,19,22,24-25H,11-16H2,1H3;5H,4H2,1H3/t17-,22+;/m0./s1. The Morgan fingerprint density at radius 1 is 1.06 bits per heavy atom. The summed E-state index contributed by atoms with van der Waals surface area (Å²) in [6, 6.07) is 17.7. The van der Waals surface area contributed by atoms with Gasteiger partial charge in [0.1, 0.15) is 12.4 Å². The van der Waals surface area contributed by atoms with Crippen LogP contribution < -0.4 is 0 Å². The minimum Gasteiger partial charge on any atom is -0.508 e. The predicted molar refractivity (Wildman–Crippen MR) is 126 cm³/mol. The lowest BCUT2D eigenvalue weighted by Crippen LogP contribution is -2.38. The molecule has 0 spiro atoms. The number of phenolic OH excluding ortho intramolecular Hbond substituents is 1. The van der Waals surface area contributed by atoms with Crippen LogP contribution in [-0.2, 0) is 21.4 Å². The normalized spacial score (nSPS) is 16.1. The Balaban J connectivity index is 0.000000414. The quantitative estimate of drug-likeness (QED) is 0.223. The third-order valence-corrected chi connectivity index (χ3v) is 5.78. The van der Waals surface area contributed by atoms with E-state index < -0.39 is 6.10 Å². The van der Waals surface area contributed by atoms with Gasteiger partial charge in [-0.3, -0.25) is 0 Å². The highest BCUT2D eigenvalue weighted by Crippen LogP contribution is 2.27. The molecular weight excluding hydrogens is 422 g/mol. The molecule has 7 nitrogen and oxygen atoms in total. The Morgan fingerprint density at radius 3 is 2.33 bits per heavy atom. The minimum absolute atomic E-state index is 0.0804. The summed E-state index contributed by atoms with van der Waals surface area (Å²) in [4.78, 5) is 6.56. The van der Waals surface area contributed by atoms with Crippen molar-refractivity contribution in [3.05, 3.63) is 65.7 Å². The molecule has 3 N–H and O–H groups in total. The minimum atomic E-state index is -0.484. The fourth-order valence-electron chi connectivity index (χ4n) is 3.97. The molecule has 7 heteroatoms. The van der Waals surface area contributed by atoms with E-state index in [0.717, 1.165) is 31.1 Å². The molecule has 1 aliphatic rings. The topological polar surface area (TPSA) is 91.6 Å². The van der Waals surface area contributed by atoms with Crippen molar-refractivity contribution >= 4 is 0 Å². The van der Waals surface area contributed by atoms with Gasteiger partial charge in [-0.2, -0.15) is 4.89 Å². The van der Waals surface area contributed by atoms with Gasteiger partial charge in [0.25, 0.3) is 0 Å². The number of piperidine rings is 1. The number of rotatable bonds is 9. The van der Waals surface area contributed by atoms with Crippen LogP contribution in [-0.4, -0.2) is 46.6 Å². The van der Waals surface area contributed by atoms with E-state index in [-0.39, 0.29) is 18.3 Å². The number of aliphatic hydroxyl groups is 1. The van der Waals surface area contributed by atoms with Gasteiger partial charge in [0.15, 0.2) is 0 Å². The molecule has 0 aromatic heterocycles. The molecule has 33 heavy (non-hydrogen) atoms. The summed E-state index contributed by atoms with van der Waals surface area (Å²) < 4.78 is 0. The van der Waals surface area contributed by atoms with Gasteiger partial charge >= 0.3 is 0 Å². The van der Waals surface area contributed by atoms with Crippen LogP contribution in [0.2, 0.25) is 0 Å². The average Bonchev–Trinajstić information content (AvgIpc) is 2.84. The first-order valence-electron chi connectivity index (χ1n) is 11.3. The van der Waals surface area contributed by atoms with Crippen molar-refractivity contribution < 1.29 is 30.4 Å². The number of aliphatic hydroxyl groups excluding tert-OH is 1. The third-order valence-electron chi connectivity index (χ3n) is 5.78. The molecule has 2 atom stereocenters. The summed E-state index contributed by atoms with van der Waals surface area (Å²) in [6.45, 7) is 6.99. The Kier molecular flexibility index (Phi) is 12.5. The van der Waals surface area contributed by atoms with E-state index in [2.05, 4.69) is 69.0 Å². The highest BCUT2D eigenvalue weighted by molar-refractivity contribution is 5.27. The molecule has 2 aromatic carbocycles. The van der Waals surface area contributed by atoms with Crippen molar-refractivity contribution in [2.75, 3.05) is 26.2 Å². The molecule has 0 saturated carbocycles. The maximum atomic E-state index is 10.5. The van der Waals surface area contributed by atoms with Crippen LogP contribution in [0.1, 0.15) is 43.9 Å². The first-order chi connectivity index (χ1) is 16.0. The second-order valence-corrected chi connectivity index (χ2v) is 8.28. The number of hydrogen-bond acceptors (Lipinski definition) is 7. The third kappa shape index (κ3) is 10.4. The Morgan fingerprint density at radius 2 is 1.73 bits per heavy atom. The molecule has 2 aromatic rings. The summed E-state index contributed by atoms with van der Waals surface area (Å²) in [5.74, 6) is 6.22. The number of aromatic hydroxyl groups is 1. The molecule has 1 aliphatic heterocycles. The zero-order valence-electron chi connectivity index (χ0n) is 19.4. The lowest BCUT2D eigenvalue weighted by atomic mass is 9.89. The van der Waals surface area contributed by atoms with Gasteiger partial charge in [0, 0.05) is 6.54 Å². The molecule has 0 unspecified atom stereocenters. The van der Waals surface area contributed by atoms with Gasteiger partial charge in [-0.25, -0.2) is 5.26 Å². The lowest BCUT2D eigenvalue weighted by Gasteiger charge is -2.34. The van der Waals surface area contributed by atoms with Crippen molar-refractivity contribution in [3.63, 3.8) is 0 Å². The zero-order chi connectivity index (χ0) is 23.9. The zero-order valence-corrected chi connectivity index (χ0v) is 19.4. The largest absolute Gasteiger partial charge is 0.508 e. The molecule has 3 rings (SSSR count). The van der Waals surface area contributed by atoms with E-state index >= 15 is 0 Å². The molecule has 0 amide bonds. The first-order valence-corrected chi connectivity index (χ1v) is 11.3. The number of benzene rings is 2. The maximum Gasteiger partial charge on any atom is 0.146 e. The smallest absolute Gasteiger partial charge is 0.146 e. The van der Waals surface area contributed by atoms with Crippen LogP contribution in [0.4, 0.5) is 0 Å². The Labute approximate surface area is 196 Å². The van der Waals surface area contributed by atoms with E-state index in [0.29, 0.717) is 0 Å². The van der Waals surface area contributed by atoms with Crippen molar-refractivity contribution in [3.8, 4) is 17.6 Å². The van der Waals surface area contributed by atoms with E-state index in [9.17, 15) is 10.2 Å². The fourth-order valence-corrected chi connectivity index (χ4v) is 3.97. The summed E-state index contributed by atoms with van der Waals surface area (Å²) in [7, 11) is 0. The van der Waals surface area contributed by atoms with Gasteiger partial charge in [-0.15, -0.1) is 5.92 Å². The van der Waals surface area contributed by atoms with Crippen molar-refractivity contribution in [2.45, 2.75) is 39.2 Å². The van der Waals surface area contributed by atoms with Crippen LogP contribution in [0, 0.1) is 23.7 Å². The van der Waals surface area contributed by atoms with Crippen molar-refractivity contribution in [1.82, 2.24) is 4.90 Å². The van der Waals surface area contributed by atoms with Crippen LogP contribution in [0.25, 0.3) is 0 Å². The van der Waals surface area contributed by atoms with Crippen LogP contribution in [0.15, 0.2) is 54.6 Å². The maximum absolute atomic E-state index is 10.5. The second-order valence-electron chi connectivity index (χ2n) is 8.28. The highest BCUT2D eigenvalue weighted by atomic mass is 17.6. The van der Waals surface area contributed by atoms with Crippen LogP contribution in [0.3, 0.4) is 0 Å². The predicted octanol–water partition coefficient (Wildman–Crippen LogP) is 4.38. The molecule has 0 bridgehead atoms. The molecular formula is C26H35NO6. The molecule has 0 radical (unpaired) electrons. The number of likely N-dealkylation sites (tertiary alicyclic amines) is 1. The van der Waals surface area contributed by atoms with Gasteiger partial charge in [0.05, 0.1) is 6.10 Å². The van der Waals surface area contributed by atoms with Gasteiger partial charge in [0.2, 0.25) is 0 Å². The SMILES string of the molecule is CC#CCOOOO.C[C@@H](CN1CCC(Cc2ccccc2)CC1)[C@@H](O)c1ccc(O)cc1. The highest BCUT2D eigenvalue weighted by Gasteiger charge is 2.24. The lowest BCUT2D eigenvalue weighted by molar-refractivity contribution is -0.620. The van der Waals surface area contributed by atoms with Crippen LogP contribution in [0.5, 0.6) is 5.75 Å². The van der Waals surface area contributed by atoms with E-state index in [1.54, 1.807) is 19.1 Å². The van der Waals surface area contributed by atoms with E-state index in [1.807, 2.05) is 12.1 Å².